The van der Waals surface area contributed by atoms with Gasteiger partial charge < -0.3 is 10.4 Å². The number of rotatable bonds is 11. The number of anilines is 1. The third kappa shape index (κ3) is 6.90. The summed E-state index contributed by atoms with van der Waals surface area (Å²) >= 11 is 0. The van der Waals surface area contributed by atoms with E-state index in [9.17, 15) is 13.5 Å². The van der Waals surface area contributed by atoms with Crippen molar-refractivity contribution in [3.05, 3.63) is 95.6 Å². The maximum Gasteiger partial charge on any atom is 0.240 e. The maximum absolute atomic E-state index is 12.1. The lowest BCUT2D eigenvalue weighted by Gasteiger charge is -2.26. The molecule has 0 aliphatic carbocycles. The van der Waals surface area contributed by atoms with Gasteiger partial charge in [-0.3, -0.25) is 4.90 Å². The molecule has 7 heteroatoms. The number of sulfonamides is 1. The van der Waals surface area contributed by atoms with Crippen molar-refractivity contribution in [2.45, 2.75) is 37.4 Å². The normalized spacial score (nSPS) is 12.6. The molecule has 0 amide bonds. The Bertz CT molecular complexity index is 1050. The first-order valence-corrected chi connectivity index (χ1v) is 12.3. The number of benzene rings is 3. The van der Waals surface area contributed by atoms with Crippen LogP contribution in [0.2, 0.25) is 0 Å². The molecule has 3 aromatic carbocycles. The van der Waals surface area contributed by atoms with E-state index in [1.165, 1.54) is 6.07 Å². The standard InChI is InChI=1S/C25H31N3O3S/c1-2-15-27-23-14-13-22(16-25(23)32(26,30)31)24(29)19-28(17-20-9-5-3-6-10-20)18-21-11-7-4-8-12-21/h3-14,16,24,27,29H,2,15,17-19H2,1H3,(H2,26,30,31). The van der Waals surface area contributed by atoms with Gasteiger partial charge in [0.2, 0.25) is 10.0 Å². The summed E-state index contributed by atoms with van der Waals surface area (Å²) < 4.78 is 24.3. The molecule has 3 aromatic rings. The van der Waals surface area contributed by atoms with E-state index in [1.54, 1.807) is 12.1 Å². The number of hydrogen-bond acceptors (Lipinski definition) is 5. The van der Waals surface area contributed by atoms with Crippen LogP contribution in [0.5, 0.6) is 0 Å². The molecule has 4 N–H and O–H groups in total. The van der Waals surface area contributed by atoms with Crippen LogP contribution in [-0.4, -0.2) is 31.5 Å². The molecule has 6 nitrogen and oxygen atoms in total. The van der Waals surface area contributed by atoms with E-state index in [4.69, 9.17) is 5.14 Å². The van der Waals surface area contributed by atoms with Crippen LogP contribution >= 0.6 is 0 Å². The van der Waals surface area contributed by atoms with E-state index in [1.807, 2.05) is 43.3 Å². The molecule has 1 atom stereocenters. The Kier molecular flexibility index (Phi) is 8.41. The number of hydrogen-bond donors (Lipinski definition) is 3. The number of nitrogens with one attached hydrogen (secondary N) is 1. The lowest BCUT2D eigenvalue weighted by atomic mass is 10.1. The number of aliphatic hydroxyl groups excluding tert-OH is 1. The zero-order chi connectivity index (χ0) is 23.0. The van der Waals surface area contributed by atoms with Crippen molar-refractivity contribution in [1.82, 2.24) is 4.90 Å². The molecule has 0 saturated carbocycles. The maximum atomic E-state index is 12.1. The fourth-order valence-corrected chi connectivity index (χ4v) is 4.35. The van der Waals surface area contributed by atoms with Gasteiger partial charge in [0.15, 0.2) is 0 Å². The average Bonchev–Trinajstić information content (AvgIpc) is 2.78. The Morgan fingerprint density at radius 3 is 2.00 bits per heavy atom. The van der Waals surface area contributed by atoms with Crippen LogP contribution in [-0.2, 0) is 23.1 Å². The summed E-state index contributed by atoms with van der Waals surface area (Å²) in [6.07, 6.45) is -0.0225. The van der Waals surface area contributed by atoms with Gasteiger partial charge in [-0.2, -0.15) is 0 Å². The summed E-state index contributed by atoms with van der Waals surface area (Å²) in [4.78, 5) is 2.15. The third-order valence-corrected chi connectivity index (χ3v) is 6.14. The van der Waals surface area contributed by atoms with Crippen LogP contribution in [0.25, 0.3) is 0 Å². The van der Waals surface area contributed by atoms with Crippen LogP contribution in [0, 0.1) is 0 Å². The molecule has 0 aliphatic heterocycles. The number of primary sulfonamides is 1. The average molecular weight is 454 g/mol. The molecule has 0 radical (unpaired) electrons. The smallest absolute Gasteiger partial charge is 0.240 e. The highest BCUT2D eigenvalue weighted by atomic mass is 32.2. The summed E-state index contributed by atoms with van der Waals surface area (Å²) in [6.45, 7) is 4.29. The molecule has 0 aliphatic rings. The lowest BCUT2D eigenvalue weighted by Crippen LogP contribution is -2.28. The van der Waals surface area contributed by atoms with Crippen molar-refractivity contribution in [3.8, 4) is 0 Å². The van der Waals surface area contributed by atoms with Crippen LogP contribution in [0.3, 0.4) is 0 Å². The van der Waals surface area contributed by atoms with E-state index in [2.05, 4.69) is 34.5 Å². The molecule has 0 heterocycles. The molecule has 3 rings (SSSR count). The Balaban J connectivity index is 1.83. The van der Waals surface area contributed by atoms with E-state index in [-0.39, 0.29) is 4.90 Å². The zero-order valence-corrected chi connectivity index (χ0v) is 19.1. The number of nitrogens with two attached hydrogens (primary N) is 1. The van der Waals surface area contributed by atoms with Crippen molar-refractivity contribution in [3.63, 3.8) is 0 Å². The predicted octanol–water partition coefficient (Wildman–Crippen LogP) is 3.89. The number of nitrogens with zero attached hydrogens (tertiary/aromatic N) is 1. The van der Waals surface area contributed by atoms with Gasteiger partial charge in [0.1, 0.15) is 4.90 Å². The molecule has 0 bridgehead atoms. The van der Waals surface area contributed by atoms with Crippen molar-refractivity contribution in [2.75, 3.05) is 18.4 Å². The summed E-state index contributed by atoms with van der Waals surface area (Å²) in [6, 6.07) is 25.0. The highest BCUT2D eigenvalue weighted by Gasteiger charge is 2.20. The van der Waals surface area contributed by atoms with Crippen molar-refractivity contribution >= 4 is 15.7 Å². The Hall–Kier alpha value is -2.71. The minimum Gasteiger partial charge on any atom is -0.387 e. The Morgan fingerprint density at radius 1 is 0.938 bits per heavy atom. The quantitative estimate of drug-likeness (QED) is 0.409. The SMILES string of the molecule is CCCNc1ccc(C(O)CN(Cc2ccccc2)Cc2ccccc2)cc1S(N)(=O)=O. The third-order valence-electron chi connectivity index (χ3n) is 5.19. The van der Waals surface area contributed by atoms with Crippen molar-refractivity contribution in [2.24, 2.45) is 5.14 Å². The highest BCUT2D eigenvalue weighted by molar-refractivity contribution is 7.89. The lowest BCUT2D eigenvalue weighted by molar-refractivity contribution is 0.105. The van der Waals surface area contributed by atoms with E-state index in [0.29, 0.717) is 37.4 Å². The first kappa shape index (κ1) is 23.9. The van der Waals surface area contributed by atoms with Gasteiger partial charge in [-0.15, -0.1) is 0 Å². The summed E-state index contributed by atoms with van der Waals surface area (Å²) in [7, 11) is -3.93. The molecule has 0 aromatic heterocycles. The second kappa shape index (κ2) is 11.2. The fourth-order valence-electron chi connectivity index (χ4n) is 3.61. The zero-order valence-electron chi connectivity index (χ0n) is 18.3. The second-order valence-corrected chi connectivity index (χ2v) is 9.41. The number of aliphatic hydroxyl groups is 1. The second-order valence-electron chi connectivity index (χ2n) is 7.88. The van der Waals surface area contributed by atoms with Gasteiger partial charge in [0.05, 0.1) is 11.8 Å². The van der Waals surface area contributed by atoms with Gasteiger partial charge >= 0.3 is 0 Å². The van der Waals surface area contributed by atoms with Gasteiger partial charge in [0, 0.05) is 26.2 Å². The van der Waals surface area contributed by atoms with Crippen LogP contribution in [0.15, 0.2) is 83.8 Å². The van der Waals surface area contributed by atoms with Gasteiger partial charge in [0.25, 0.3) is 0 Å². The van der Waals surface area contributed by atoms with Crippen molar-refractivity contribution < 1.29 is 13.5 Å². The molecule has 0 fully saturated rings. The van der Waals surface area contributed by atoms with E-state index < -0.39 is 16.1 Å². The summed E-state index contributed by atoms with van der Waals surface area (Å²) in [5.41, 5.74) is 3.25. The molecule has 0 saturated heterocycles. The van der Waals surface area contributed by atoms with Crippen LogP contribution < -0.4 is 10.5 Å². The minimum absolute atomic E-state index is 0.000156. The Labute approximate surface area is 190 Å². The fraction of sp³-hybridized carbons (Fsp3) is 0.280. The first-order chi connectivity index (χ1) is 15.4. The largest absolute Gasteiger partial charge is 0.387 e. The van der Waals surface area contributed by atoms with E-state index in [0.717, 1.165) is 17.5 Å². The summed E-state index contributed by atoms with van der Waals surface area (Å²) in [5.74, 6) is 0. The molecule has 170 valence electrons. The van der Waals surface area contributed by atoms with Crippen LogP contribution in [0.1, 0.15) is 36.1 Å². The molecule has 0 spiro atoms. The van der Waals surface area contributed by atoms with E-state index >= 15 is 0 Å². The topological polar surface area (TPSA) is 95.7 Å². The molecule has 1 unspecified atom stereocenters. The van der Waals surface area contributed by atoms with Crippen molar-refractivity contribution in [1.29, 1.82) is 0 Å². The van der Waals surface area contributed by atoms with Gasteiger partial charge in [-0.25, -0.2) is 13.6 Å². The van der Waals surface area contributed by atoms with Gasteiger partial charge in [-0.1, -0.05) is 73.7 Å². The Morgan fingerprint density at radius 2 is 1.50 bits per heavy atom. The molecule has 32 heavy (non-hydrogen) atoms. The van der Waals surface area contributed by atoms with Gasteiger partial charge in [-0.05, 0) is 35.2 Å². The highest BCUT2D eigenvalue weighted by Crippen LogP contribution is 2.26. The monoisotopic (exact) mass is 453 g/mol. The molecular weight excluding hydrogens is 422 g/mol. The van der Waals surface area contributed by atoms with Crippen LogP contribution in [0.4, 0.5) is 5.69 Å². The molecular formula is C25H31N3O3S. The summed E-state index contributed by atoms with van der Waals surface area (Å²) in [5, 5.41) is 19.5. The minimum atomic E-state index is -3.93. The predicted molar refractivity (Wildman–Crippen MR) is 129 cm³/mol. The first-order valence-electron chi connectivity index (χ1n) is 10.8.